The monoisotopic (exact) mass is 225 g/mol. The lowest BCUT2D eigenvalue weighted by atomic mass is 10.2. The number of aromatic hydroxyl groups is 1. The first-order chi connectivity index (χ1) is 6.97. The molecule has 1 rings (SSSR count). The second kappa shape index (κ2) is 4.34. The van der Waals surface area contributed by atoms with Crippen LogP contribution in [-0.2, 0) is 10.0 Å². The number of aryl methyl sites for hydroxylation is 1. The predicted octanol–water partition coefficient (Wildman–Crippen LogP) is 0.612. The number of rotatable bonds is 3. The number of phenolic OH excluding ortho intramolecular Hbond substituents is 1. The number of hydrogen-bond donors (Lipinski definition) is 2. The molecule has 0 amide bonds. The van der Waals surface area contributed by atoms with Gasteiger partial charge in [0.1, 0.15) is 10.6 Å². The summed E-state index contributed by atoms with van der Waals surface area (Å²) in [6.45, 7) is 1.65. The first kappa shape index (κ1) is 11.6. The van der Waals surface area contributed by atoms with Gasteiger partial charge in [0, 0.05) is 0 Å². The van der Waals surface area contributed by atoms with Gasteiger partial charge in [-0.1, -0.05) is 12.0 Å². The molecule has 1 aromatic rings. The molecule has 0 spiro atoms. The Labute approximate surface area is 89.0 Å². The van der Waals surface area contributed by atoms with Crippen molar-refractivity contribution >= 4 is 10.0 Å². The van der Waals surface area contributed by atoms with E-state index in [2.05, 4.69) is 10.6 Å². The Balaban J connectivity index is 3.12. The van der Waals surface area contributed by atoms with Crippen LogP contribution < -0.4 is 4.72 Å². The molecule has 0 aliphatic heterocycles. The largest absolute Gasteiger partial charge is 0.507 e. The van der Waals surface area contributed by atoms with E-state index in [0.29, 0.717) is 0 Å². The van der Waals surface area contributed by atoms with E-state index in [-0.39, 0.29) is 17.2 Å². The Morgan fingerprint density at radius 1 is 1.53 bits per heavy atom. The highest BCUT2D eigenvalue weighted by atomic mass is 32.2. The van der Waals surface area contributed by atoms with Crippen LogP contribution in [0.15, 0.2) is 23.1 Å². The highest BCUT2D eigenvalue weighted by molar-refractivity contribution is 7.89. The molecule has 0 aliphatic rings. The zero-order valence-electron chi connectivity index (χ0n) is 8.19. The molecule has 0 unspecified atom stereocenters. The summed E-state index contributed by atoms with van der Waals surface area (Å²) in [7, 11) is -3.71. The van der Waals surface area contributed by atoms with Gasteiger partial charge in [0.05, 0.1) is 6.54 Å². The van der Waals surface area contributed by atoms with Gasteiger partial charge in [-0.3, -0.25) is 0 Å². The SMILES string of the molecule is C#CCNS(=O)(=O)c1ccc(C)cc1O. The van der Waals surface area contributed by atoms with Crippen LogP contribution in [0.5, 0.6) is 5.75 Å². The summed E-state index contributed by atoms with van der Waals surface area (Å²) in [6, 6.07) is 4.32. The lowest BCUT2D eigenvalue weighted by Gasteiger charge is -2.06. The van der Waals surface area contributed by atoms with Crippen LogP contribution in [0.25, 0.3) is 0 Å². The molecule has 0 bridgehead atoms. The lowest BCUT2D eigenvalue weighted by Crippen LogP contribution is -2.23. The van der Waals surface area contributed by atoms with Gasteiger partial charge in [-0.2, -0.15) is 4.72 Å². The molecular formula is C10H11NO3S. The summed E-state index contributed by atoms with van der Waals surface area (Å²) >= 11 is 0. The van der Waals surface area contributed by atoms with Gasteiger partial charge in [-0.15, -0.1) is 6.42 Å². The van der Waals surface area contributed by atoms with Gasteiger partial charge >= 0.3 is 0 Å². The molecule has 80 valence electrons. The average Bonchev–Trinajstić information content (AvgIpc) is 2.14. The summed E-state index contributed by atoms with van der Waals surface area (Å²) in [5, 5.41) is 9.46. The lowest BCUT2D eigenvalue weighted by molar-refractivity contribution is 0.457. The fourth-order valence-corrected chi connectivity index (χ4v) is 2.08. The van der Waals surface area contributed by atoms with E-state index in [0.717, 1.165) is 5.56 Å². The number of benzene rings is 1. The normalized spacial score (nSPS) is 10.9. The predicted molar refractivity (Wildman–Crippen MR) is 56.9 cm³/mol. The minimum Gasteiger partial charge on any atom is -0.507 e. The molecule has 0 atom stereocenters. The molecular weight excluding hydrogens is 214 g/mol. The van der Waals surface area contributed by atoms with E-state index >= 15 is 0 Å². The van der Waals surface area contributed by atoms with E-state index in [1.54, 1.807) is 13.0 Å². The summed E-state index contributed by atoms with van der Waals surface area (Å²) in [5.74, 6) is 1.87. The maximum absolute atomic E-state index is 11.6. The summed E-state index contributed by atoms with van der Waals surface area (Å²) in [5.41, 5.74) is 0.781. The van der Waals surface area contributed by atoms with Gasteiger partial charge < -0.3 is 5.11 Å². The Morgan fingerprint density at radius 3 is 2.73 bits per heavy atom. The fraction of sp³-hybridized carbons (Fsp3) is 0.200. The number of terminal acetylenes is 1. The minimum absolute atomic E-state index is 0.102. The third kappa shape index (κ3) is 2.72. The van der Waals surface area contributed by atoms with Crippen molar-refractivity contribution in [2.75, 3.05) is 6.54 Å². The van der Waals surface area contributed by atoms with Gasteiger partial charge in [0.15, 0.2) is 0 Å². The first-order valence-electron chi connectivity index (χ1n) is 4.20. The second-order valence-corrected chi connectivity index (χ2v) is 4.74. The molecule has 0 saturated carbocycles. The summed E-state index contributed by atoms with van der Waals surface area (Å²) in [4.78, 5) is -0.164. The van der Waals surface area contributed by atoms with Crippen molar-refractivity contribution in [3.63, 3.8) is 0 Å². The molecule has 0 heterocycles. The number of hydrogen-bond acceptors (Lipinski definition) is 3. The van der Waals surface area contributed by atoms with Gasteiger partial charge in [-0.05, 0) is 24.6 Å². The zero-order valence-corrected chi connectivity index (χ0v) is 9.00. The molecule has 5 heteroatoms. The molecule has 0 fully saturated rings. The topological polar surface area (TPSA) is 66.4 Å². The third-order valence-corrected chi connectivity index (χ3v) is 3.22. The average molecular weight is 225 g/mol. The van der Waals surface area contributed by atoms with E-state index in [9.17, 15) is 13.5 Å². The van der Waals surface area contributed by atoms with Crippen molar-refractivity contribution in [2.45, 2.75) is 11.8 Å². The van der Waals surface area contributed by atoms with Gasteiger partial charge in [-0.25, -0.2) is 8.42 Å². The number of nitrogens with one attached hydrogen (secondary N) is 1. The molecule has 0 aliphatic carbocycles. The van der Waals surface area contributed by atoms with Crippen molar-refractivity contribution in [2.24, 2.45) is 0 Å². The van der Waals surface area contributed by atoms with E-state index in [4.69, 9.17) is 6.42 Å². The maximum Gasteiger partial charge on any atom is 0.245 e. The van der Waals surface area contributed by atoms with Crippen molar-refractivity contribution < 1.29 is 13.5 Å². The highest BCUT2D eigenvalue weighted by Gasteiger charge is 2.17. The third-order valence-electron chi connectivity index (χ3n) is 1.77. The zero-order chi connectivity index (χ0) is 11.5. The van der Waals surface area contributed by atoms with Crippen LogP contribution in [0, 0.1) is 19.3 Å². The summed E-state index contributed by atoms with van der Waals surface area (Å²) < 4.78 is 25.3. The molecule has 2 N–H and O–H groups in total. The summed E-state index contributed by atoms with van der Waals surface area (Å²) in [6.07, 6.45) is 4.94. The van der Waals surface area contributed by atoms with E-state index in [1.165, 1.54) is 12.1 Å². The van der Waals surface area contributed by atoms with Crippen LogP contribution in [0.1, 0.15) is 5.56 Å². The van der Waals surface area contributed by atoms with Crippen molar-refractivity contribution in [1.82, 2.24) is 4.72 Å². The molecule has 4 nitrogen and oxygen atoms in total. The quantitative estimate of drug-likeness (QED) is 0.741. The van der Waals surface area contributed by atoms with Crippen molar-refractivity contribution in [3.8, 4) is 18.1 Å². The van der Waals surface area contributed by atoms with E-state index in [1.807, 2.05) is 0 Å². The van der Waals surface area contributed by atoms with E-state index < -0.39 is 10.0 Å². The van der Waals surface area contributed by atoms with Crippen LogP contribution in [-0.4, -0.2) is 20.1 Å². The molecule has 1 aromatic carbocycles. The molecule has 0 saturated heterocycles. The highest BCUT2D eigenvalue weighted by Crippen LogP contribution is 2.22. The molecule has 15 heavy (non-hydrogen) atoms. The van der Waals surface area contributed by atoms with Crippen LogP contribution in [0.2, 0.25) is 0 Å². The van der Waals surface area contributed by atoms with Crippen molar-refractivity contribution in [3.05, 3.63) is 23.8 Å². The Bertz CT molecular complexity index is 500. The van der Waals surface area contributed by atoms with Crippen LogP contribution in [0.4, 0.5) is 0 Å². The fourth-order valence-electron chi connectivity index (χ4n) is 1.07. The number of phenols is 1. The van der Waals surface area contributed by atoms with Gasteiger partial charge in [0.25, 0.3) is 0 Å². The van der Waals surface area contributed by atoms with Crippen molar-refractivity contribution in [1.29, 1.82) is 0 Å². The smallest absolute Gasteiger partial charge is 0.245 e. The maximum atomic E-state index is 11.6. The standard InChI is InChI=1S/C10H11NO3S/c1-3-6-11-15(13,14)10-5-4-8(2)7-9(10)12/h1,4-5,7,11-12H,6H2,2H3. The minimum atomic E-state index is -3.71. The van der Waals surface area contributed by atoms with Crippen LogP contribution in [0.3, 0.4) is 0 Å². The Hall–Kier alpha value is -1.51. The molecule has 0 radical (unpaired) electrons. The second-order valence-electron chi connectivity index (χ2n) is 3.00. The number of sulfonamides is 1. The Kier molecular flexibility index (Phi) is 3.35. The first-order valence-corrected chi connectivity index (χ1v) is 5.68. The molecule has 0 aromatic heterocycles. The van der Waals surface area contributed by atoms with Crippen LogP contribution >= 0.6 is 0 Å². The Morgan fingerprint density at radius 2 is 2.20 bits per heavy atom. The van der Waals surface area contributed by atoms with Gasteiger partial charge in [0.2, 0.25) is 10.0 Å².